The number of sulfone groups is 1. The van der Waals surface area contributed by atoms with E-state index in [-0.39, 0.29) is 18.3 Å². The fourth-order valence-electron chi connectivity index (χ4n) is 5.32. The van der Waals surface area contributed by atoms with Crippen LogP contribution >= 0.6 is 0 Å². The van der Waals surface area contributed by atoms with Crippen LogP contribution in [0.4, 0.5) is 4.39 Å². The van der Waals surface area contributed by atoms with Crippen molar-refractivity contribution in [3.8, 4) is 5.75 Å². The van der Waals surface area contributed by atoms with E-state index >= 15 is 0 Å². The lowest BCUT2D eigenvalue weighted by Gasteiger charge is -2.57. The molecule has 2 aromatic carbocycles. The van der Waals surface area contributed by atoms with E-state index in [0.717, 1.165) is 6.42 Å². The molecule has 2 aromatic rings. The second-order valence-electron chi connectivity index (χ2n) is 10.1. The first kappa shape index (κ1) is 25.6. The molecule has 0 radical (unpaired) electrons. The van der Waals surface area contributed by atoms with E-state index in [1.165, 1.54) is 17.7 Å². The molecule has 188 valence electrons. The quantitative estimate of drug-likeness (QED) is 0.467. The standard InChI is InChI=1S/C28H33FO5S/c1-27(2)28(19-30)15-14-20(9-5-4-8-16-35(32,33)22-10-6-3-7-11-22)23(18-28)26(34-27)21-12-13-25(31)24(29)17-21/h3-4,6-8,10-14,17,23,26,30-31H,5,9,15-16,18-19H2,1-2H3/b8-4+. The van der Waals surface area contributed by atoms with Gasteiger partial charge in [0.2, 0.25) is 0 Å². The van der Waals surface area contributed by atoms with Gasteiger partial charge in [-0.05, 0) is 69.4 Å². The van der Waals surface area contributed by atoms with Gasteiger partial charge in [-0.15, -0.1) is 0 Å². The zero-order chi connectivity index (χ0) is 25.3. The first-order valence-corrected chi connectivity index (χ1v) is 13.6. The summed E-state index contributed by atoms with van der Waals surface area (Å²) < 4.78 is 45.6. The first-order valence-electron chi connectivity index (χ1n) is 12.0. The Morgan fingerprint density at radius 2 is 1.89 bits per heavy atom. The van der Waals surface area contributed by atoms with Gasteiger partial charge >= 0.3 is 0 Å². The Bertz CT molecular complexity index is 1220. The maximum Gasteiger partial charge on any atom is 0.181 e. The molecule has 1 aliphatic heterocycles. The Morgan fingerprint density at radius 1 is 1.14 bits per heavy atom. The van der Waals surface area contributed by atoms with Crippen molar-refractivity contribution in [2.24, 2.45) is 11.3 Å². The molecular weight excluding hydrogens is 467 g/mol. The smallest absolute Gasteiger partial charge is 0.181 e. The minimum Gasteiger partial charge on any atom is -0.505 e. The summed E-state index contributed by atoms with van der Waals surface area (Å²) in [6.45, 7) is 3.93. The maximum atomic E-state index is 14.2. The van der Waals surface area contributed by atoms with Crippen LogP contribution in [0.3, 0.4) is 0 Å². The molecule has 1 saturated heterocycles. The number of aromatic hydroxyl groups is 1. The largest absolute Gasteiger partial charge is 0.505 e. The minimum absolute atomic E-state index is 0.00577. The van der Waals surface area contributed by atoms with Gasteiger partial charge in [-0.2, -0.15) is 0 Å². The molecule has 1 aliphatic carbocycles. The summed E-state index contributed by atoms with van der Waals surface area (Å²) in [6, 6.07) is 12.8. The number of aliphatic hydroxyl groups excluding tert-OH is 1. The third-order valence-electron chi connectivity index (χ3n) is 7.69. The maximum absolute atomic E-state index is 14.2. The van der Waals surface area contributed by atoms with Gasteiger partial charge in [0.1, 0.15) is 0 Å². The molecule has 0 saturated carbocycles. The molecule has 3 atom stereocenters. The summed E-state index contributed by atoms with van der Waals surface area (Å²) in [6.07, 6.45) is 8.12. The SMILES string of the molecule is CC1(C)OC(c2ccc(O)c(F)c2)C2CC1(CO)CC=C2CC/C=C/CS(=O)(=O)c1ccccc1. The second kappa shape index (κ2) is 9.88. The molecule has 7 heteroatoms. The number of halogens is 1. The third kappa shape index (κ3) is 5.08. The number of aliphatic hydroxyl groups is 1. The highest BCUT2D eigenvalue weighted by molar-refractivity contribution is 7.91. The summed E-state index contributed by atoms with van der Waals surface area (Å²) in [4.78, 5) is 0.311. The second-order valence-corrected chi connectivity index (χ2v) is 12.1. The number of allylic oxidation sites excluding steroid dienone is 2. The summed E-state index contributed by atoms with van der Waals surface area (Å²) in [7, 11) is -3.36. The molecule has 1 fully saturated rings. The fourth-order valence-corrected chi connectivity index (χ4v) is 6.48. The average molecular weight is 501 g/mol. The Morgan fingerprint density at radius 3 is 2.57 bits per heavy atom. The van der Waals surface area contributed by atoms with E-state index in [4.69, 9.17) is 4.74 Å². The van der Waals surface area contributed by atoms with Gasteiger partial charge < -0.3 is 14.9 Å². The Labute approximate surface area is 206 Å². The van der Waals surface area contributed by atoms with Crippen molar-refractivity contribution in [1.29, 1.82) is 0 Å². The van der Waals surface area contributed by atoms with E-state index in [9.17, 15) is 23.0 Å². The summed E-state index contributed by atoms with van der Waals surface area (Å²) in [5.74, 6) is -1.19. The van der Waals surface area contributed by atoms with Crippen molar-refractivity contribution >= 4 is 9.84 Å². The van der Waals surface area contributed by atoms with Gasteiger partial charge in [0.15, 0.2) is 21.4 Å². The van der Waals surface area contributed by atoms with Gasteiger partial charge in [0.25, 0.3) is 0 Å². The molecule has 5 nitrogen and oxygen atoms in total. The van der Waals surface area contributed by atoms with Crippen LogP contribution in [-0.2, 0) is 14.6 Å². The minimum atomic E-state index is -3.36. The molecule has 3 unspecified atom stereocenters. The van der Waals surface area contributed by atoms with Crippen LogP contribution in [0, 0.1) is 17.2 Å². The summed E-state index contributed by atoms with van der Waals surface area (Å²) in [5, 5.41) is 19.9. The van der Waals surface area contributed by atoms with Crippen molar-refractivity contribution in [3.63, 3.8) is 0 Å². The first-order chi connectivity index (χ1) is 16.6. The van der Waals surface area contributed by atoms with Crippen LogP contribution in [-0.4, -0.2) is 36.6 Å². The Balaban J connectivity index is 1.50. The van der Waals surface area contributed by atoms with E-state index in [1.54, 1.807) is 42.5 Å². The van der Waals surface area contributed by atoms with E-state index < -0.39 is 38.5 Å². The molecule has 2 aliphatic rings. The normalized spacial score (nSPS) is 26.0. The summed E-state index contributed by atoms with van der Waals surface area (Å²) >= 11 is 0. The van der Waals surface area contributed by atoms with Gasteiger partial charge in [-0.3, -0.25) is 0 Å². The number of phenolic OH excluding ortho intramolecular Hbond substituents is 1. The average Bonchev–Trinajstić information content (AvgIpc) is 2.84. The van der Waals surface area contributed by atoms with Crippen molar-refractivity contribution in [2.75, 3.05) is 12.4 Å². The number of rotatable bonds is 8. The zero-order valence-electron chi connectivity index (χ0n) is 20.2. The van der Waals surface area contributed by atoms with Gasteiger partial charge in [0.05, 0.1) is 29.0 Å². The van der Waals surface area contributed by atoms with Crippen LogP contribution in [0.15, 0.2) is 77.2 Å². The molecule has 0 aromatic heterocycles. The highest BCUT2D eigenvalue weighted by Crippen LogP contribution is 2.58. The van der Waals surface area contributed by atoms with Crippen LogP contribution in [0.1, 0.15) is 51.2 Å². The monoisotopic (exact) mass is 500 g/mol. The molecule has 2 N–H and O–H groups in total. The van der Waals surface area contributed by atoms with Crippen molar-refractivity contribution in [2.45, 2.75) is 56.1 Å². The van der Waals surface area contributed by atoms with Crippen LogP contribution < -0.4 is 0 Å². The van der Waals surface area contributed by atoms with Crippen LogP contribution in [0.2, 0.25) is 0 Å². The third-order valence-corrected chi connectivity index (χ3v) is 9.32. The van der Waals surface area contributed by atoms with Crippen molar-refractivity contribution in [3.05, 3.63) is 83.7 Å². The number of ether oxygens (including phenoxy) is 1. The highest BCUT2D eigenvalue weighted by Gasteiger charge is 2.55. The predicted octanol–water partition coefficient (Wildman–Crippen LogP) is 5.51. The number of phenols is 1. The molecule has 2 bridgehead atoms. The molecule has 4 rings (SSSR count). The molecule has 1 heterocycles. The number of fused-ring (bicyclic) bond motifs is 2. The molecular formula is C28H33FO5S. The fraction of sp³-hybridized carbons (Fsp3) is 0.429. The van der Waals surface area contributed by atoms with E-state index in [0.29, 0.717) is 29.7 Å². The van der Waals surface area contributed by atoms with E-state index in [2.05, 4.69) is 6.08 Å². The van der Waals surface area contributed by atoms with Gasteiger partial charge in [-0.1, -0.05) is 48.1 Å². The summed E-state index contributed by atoms with van der Waals surface area (Å²) in [5.41, 5.74) is 0.776. The molecule has 0 amide bonds. The lowest BCUT2D eigenvalue weighted by atomic mass is 9.58. The number of benzene rings is 2. The topological polar surface area (TPSA) is 83.8 Å². The van der Waals surface area contributed by atoms with Crippen LogP contribution in [0.25, 0.3) is 0 Å². The molecule has 0 spiro atoms. The predicted molar refractivity (Wildman–Crippen MR) is 133 cm³/mol. The van der Waals surface area contributed by atoms with Crippen molar-refractivity contribution < 1.29 is 27.8 Å². The Hall–Kier alpha value is -2.48. The zero-order valence-corrected chi connectivity index (χ0v) is 21.0. The van der Waals surface area contributed by atoms with Gasteiger partial charge in [0, 0.05) is 11.3 Å². The van der Waals surface area contributed by atoms with Crippen molar-refractivity contribution in [1.82, 2.24) is 0 Å². The number of hydrogen-bond donors (Lipinski definition) is 2. The van der Waals surface area contributed by atoms with E-state index in [1.807, 2.05) is 19.9 Å². The van der Waals surface area contributed by atoms with Gasteiger partial charge in [-0.25, -0.2) is 12.8 Å². The highest BCUT2D eigenvalue weighted by atomic mass is 32.2. The van der Waals surface area contributed by atoms with Crippen LogP contribution in [0.5, 0.6) is 5.75 Å². The molecule has 35 heavy (non-hydrogen) atoms. The lowest BCUT2D eigenvalue weighted by Crippen LogP contribution is -2.56. The Kier molecular flexibility index (Phi) is 7.23. The lowest BCUT2D eigenvalue weighted by molar-refractivity contribution is -0.223. The number of hydrogen-bond acceptors (Lipinski definition) is 5.